The molecule has 0 saturated heterocycles. The Morgan fingerprint density at radius 2 is 1.96 bits per heavy atom. The fraction of sp³-hybridized carbons (Fsp3) is 0.150. The Hall–Kier alpha value is -2.64. The van der Waals surface area contributed by atoms with E-state index in [1.807, 2.05) is 12.1 Å². The highest BCUT2D eigenvalue weighted by Crippen LogP contribution is 2.21. The minimum Gasteiger partial charge on any atom is -0.508 e. The van der Waals surface area contributed by atoms with E-state index < -0.39 is 5.82 Å². The van der Waals surface area contributed by atoms with E-state index in [4.69, 9.17) is 4.42 Å². The standard InChI is InChI=1S/C20H18BrFN2O3/c21-15-7-8-18(17(22)10-15)23-20(26)13-24(12-16-5-3-9-27-16)11-14-4-1-2-6-19(14)25/h1-10,25H,11-13H2,(H,23,26). The number of anilines is 1. The Kier molecular flexibility index (Phi) is 6.26. The molecule has 2 N–H and O–H groups in total. The van der Waals surface area contributed by atoms with E-state index in [-0.39, 0.29) is 23.9 Å². The summed E-state index contributed by atoms with van der Waals surface area (Å²) in [6.45, 7) is 0.714. The Morgan fingerprint density at radius 1 is 1.15 bits per heavy atom. The molecule has 27 heavy (non-hydrogen) atoms. The van der Waals surface area contributed by atoms with Gasteiger partial charge in [-0.1, -0.05) is 34.1 Å². The maximum absolute atomic E-state index is 13.9. The van der Waals surface area contributed by atoms with Gasteiger partial charge in [0.05, 0.1) is 25.0 Å². The quantitative estimate of drug-likeness (QED) is 0.575. The number of phenolic OH excluding ortho intramolecular Hbond substituents is 1. The Bertz CT molecular complexity index is 915. The van der Waals surface area contributed by atoms with E-state index >= 15 is 0 Å². The average molecular weight is 433 g/mol. The summed E-state index contributed by atoms with van der Waals surface area (Å²) < 4.78 is 19.9. The van der Waals surface area contributed by atoms with E-state index in [1.54, 1.807) is 41.5 Å². The molecule has 0 aliphatic heterocycles. The summed E-state index contributed by atoms with van der Waals surface area (Å²) in [5.41, 5.74) is 0.801. The van der Waals surface area contributed by atoms with Crippen molar-refractivity contribution in [3.05, 3.63) is 82.5 Å². The second kappa shape index (κ2) is 8.83. The number of amides is 1. The van der Waals surface area contributed by atoms with Crippen LogP contribution in [0.2, 0.25) is 0 Å². The molecule has 0 atom stereocenters. The van der Waals surface area contributed by atoms with Crippen LogP contribution in [0.3, 0.4) is 0 Å². The Balaban J connectivity index is 1.71. The van der Waals surface area contributed by atoms with Crippen LogP contribution < -0.4 is 5.32 Å². The van der Waals surface area contributed by atoms with Crippen molar-refractivity contribution in [1.29, 1.82) is 0 Å². The van der Waals surface area contributed by atoms with Crippen molar-refractivity contribution in [2.45, 2.75) is 13.1 Å². The maximum Gasteiger partial charge on any atom is 0.238 e. The number of nitrogens with zero attached hydrogens (tertiary/aromatic N) is 1. The van der Waals surface area contributed by atoms with Crippen LogP contribution in [0.5, 0.6) is 5.75 Å². The number of furan rings is 1. The smallest absolute Gasteiger partial charge is 0.238 e. The van der Waals surface area contributed by atoms with Gasteiger partial charge in [-0.05, 0) is 36.4 Å². The van der Waals surface area contributed by atoms with E-state index in [0.29, 0.717) is 28.9 Å². The first kappa shape index (κ1) is 19.1. The lowest BCUT2D eigenvalue weighted by Gasteiger charge is -2.21. The molecule has 0 saturated carbocycles. The van der Waals surface area contributed by atoms with Crippen LogP contribution in [0, 0.1) is 5.82 Å². The topological polar surface area (TPSA) is 65.7 Å². The van der Waals surface area contributed by atoms with Gasteiger partial charge in [0.25, 0.3) is 0 Å². The number of para-hydroxylation sites is 1. The van der Waals surface area contributed by atoms with Crippen molar-refractivity contribution in [3.8, 4) is 5.75 Å². The van der Waals surface area contributed by atoms with Gasteiger partial charge in [0, 0.05) is 16.6 Å². The molecule has 0 aliphatic carbocycles. The largest absolute Gasteiger partial charge is 0.508 e. The van der Waals surface area contributed by atoms with E-state index in [0.717, 1.165) is 0 Å². The third-order valence-electron chi connectivity index (χ3n) is 3.92. The van der Waals surface area contributed by atoms with Gasteiger partial charge >= 0.3 is 0 Å². The lowest BCUT2D eigenvalue weighted by molar-refractivity contribution is -0.117. The first-order valence-electron chi connectivity index (χ1n) is 8.28. The number of carbonyl (C=O) groups is 1. The number of halogens is 2. The molecule has 7 heteroatoms. The number of rotatable bonds is 7. The van der Waals surface area contributed by atoms with Gasteiger partial charge < -0.3 is 14.8 Å². The lowest BCUT2D eigenvalue weighted by atomic mass is 10.2. The van der Waals surface area contributed by atoms with Crippen molar-refractivity contribution in [1.82, 2.24) is 4.90 Å². The molecule has 1 amide bonds. The highest BCUT2D eigenvalue weighted by atomic mass is 79.9. The minimum atomic E-state index is -0.518. The van der Waals surface area contributed by atoms with Crippen LogP contribution in [-0.2, 0) is 17.9 Å². The molecule has 0 unspecified atom stereocenters. The predicted molar refractivity (Wildman–Crippen MR) is 104 cm³/mol. The molecule has 3 aromatic rings. The number of hydrogen-bond donors (Lipinski definition) is 2. The van der Waals surface area contributed by atoms with Crippen molar-refractivity contribution >= 4 is 27.5 Å². The molecule has 5 nitrogen and oxygen atoms in total. The molecule has 0 bridgehead atoms. The van der Waals surface area contributed by atoms with Crippen LogP contribution in [0.4, 0.5) is 10.1 Å². The third-order valence-corrected chi connectivity index (χ3v) is 4.41. The van der Waals surface area contributed by atoms with Gasteiger partial charge in [0.15, 0.2) is 0 Å². The van der Waals surface area contributed by atoms with Gasteiger partial charge in [0.1, 0.15) is 17.3 Å². The second-order valence-corrected chi connectivity index (χ2v) is 6.94. The van der Waals surface area contributed by atoms with Gasteiger partial charge in [-0.15, -0.1) is 0 Å². The summed E-state index contributed by atoms with van der Waals surface area (Å²) in [7, 11) is 0. The SMILES string of the molecule is O=C(CN(Cc1ccco1)Cc1ccccc1O)Nc1ccc(Br)cc1F. The molecule has 1 heterocycles. The van der Waals surface area contributed by atoms with Crippen LogP contribution >= 0.6 is 15.9 Å². The number of carbonyl (C=O) groups excluding carboxylic acids is 1. The second-order valence-electron chi connectivity index (χ2n) is 6.03. The zero-order valence-corrected chi connectivity index (χ0v) is 15.9. The molecule has 0 radical (unpaired) electrons. The molecule has 2 aromatic carbocycles. The van der Waals surface area contributed by atoms with E-state index in [1.165, 1.54) is 12.1 Å². The number of phenols is 1. The molecular weight excluding hydrogens is 415 g/mol. The molecule has 0 spiro atoms. The zero-order chi connectivity index (χ0) is 19.2. The molecule has 140 valence electrons. The van der Waals surface area contributed by atoms with Crippen molar-refractivity contribution < 1.29 is 18.7 Å². The fourth-order valence-corrected chi connectivity index (χ4v) is 2.99. The van der Waals surface area contributed by atoms with Crippen molar-refractivity contribution in [2.24, 2.45) is 0 Å². The first-order chi connectivity index (χ1) is 13.0. The molecule has 1 aromatic heterocycles. The summed E-state index contributed by atoms with van der Waals surface area (Å²) in [5.74, 6) is -0.0384. The molecule has 0 aliphatic rings. The third kappa shape index (κ3) is 5.42. The summed E-state index contributed by atoms with van der Waals surface area (Å²) >= 11 is 3.18. The summed E-state index contributed by atoms with van der Waals surface area (Å²) in [5, 5.41) is 12.6. The summed E-state index contributed by atoms with van der Waals surface area (Å²) in [6, 6.07) is 15.0. The zero-order valence-electron chi connectivity index (χ0n) is 14.4. The van der Waals surface area contributed by atoms with Crippen LogP contribution in [0.15, 0.2) is 69.8 Å². The van der Waals surface area contributed by atoms with Gasteiger partial charge in [-0.3, -0.25) is 9.69 Å². The number of hydrogen-bond acceptors (Lipinski definition) is 4. The highest BCUT2D eigenvalue weighted by molar-refractivity contribution is 9.10. The fourth-order valence-electron chi connectivity index (χ4n) is 2.66. The normalized spacial score (nSPS) is 10.9. The molecule has 3 rings (SSSR count). The van der Waals surface area contributed by atoms with Crippen molar-refractivity contribution in [2.75, 3.05) is 11.9 Å². The minimum absolute atomic E-state index is 0.00450. The van der Waals surface area contributed by atoms with Crippen LogP contribution in [0.25, 0.3) is 0 Å². The van der Waals surface area contributed by atoms with E-state index in [9.17, 15) is 14.3 Å². The predicted octanol–water partition coefficient (Wildman–Crippen LogP) is 4.53. The molecule has 0 fully saturated rings. The van der Waals surface area contributed by atoms with Gasteiger partial charge in [0.2, 0.25) is 5.91 Å². The Labute approximate surface area is 164 Å². The summed E-state index contributed by atoms with van der Waals surface area (Å²) in [4.78, 5) is 14.2. The monoisotopic (exact) mass is 432 g/mol. The van der Waals surface area contributed by atoms with Gasteiger partial charge in [-0.2, -0.15) is 0 Å². The van der Waals surface area contributed by atoms with Crippen LogP contribution in [0.1, 0.15) is 11.3 Å². The highest BCUT2D eigenvalue weighted by Gasteiger charge is 2.16. The molecular formula is C20H18BrFN2O3. The maximum atomic E-state index is 13.9. The summed E-state index contributed by atoms with van der Waals surface area (Å²) in [6.07, 6.45) is 1.56. The van der Waals surface area contributed by atoms with Crippen LogP contribution in [-0.4, -0.2) is 22.5 Å². The number of aromatic hydroxyl groups is 1. The Morgan fingerprint density at radius 3 is 2.67 bits per heavy atom. The van der Waals surface area contributed by atoms with Crippen molar-refractivity contribution in [3.63, 3.8) is 0 Å². The lowest BCUT2D eigenvalue weighted by Crippen LogP contribution is -2.32. The number of benzene rings is 2. The average Bonchev–Trinajstić information content (AvgIpc) is 3.12. The van der Waals surface area contributed by atoms with E-state index in [2.05, 4.69) is 21.2 Å². The number of nitrogens with one attached hydrogen (secondary N) is 1. The van der Waals surface area contributed by atoms with Gasteiger partial charge in [-0.25, -0.2) is 4.39 Å². The first-order valence-corrected chi connectivity index (χ1v) is 9.07.